The third kappa shape index (κ3) is 9.16. The minimum Gasteiger partial charge on any atom is -0.466 e. The van der Waals surface area contributed by atoms with Gasteiger partial charge in [0.05, 0.1) is 12.5 Å². The first kappa shape index (κ1) is 27.4. The number of nitrogens with one attached hydrogen (secondary N) is 1. The maximum atomic E-state index is 13.0. The maximum absolute atomic E-state index is 13.0. The average molecular weight is 560 g/mol. The fourth-order valence-corrected chi connectivity index (χ4v) is 3.71. The fourth-order valence-electron chi connectivity index (χ4n) is 2.97. The first-order valence-corrected chi connectivity index (χ1v) is 12.1. The van der Waals surface area contributed by atoms with Gasteiger partial charge in [-0.3, -0.25) is 9.69 Å². The normalized spacial score (nSPS) is 12.2. The molecular formula is C24H29BrCl2N2O4. The van der Waals surface area contributed by atoms with Crippen LogP contribution in [-0.2, 0) is 20.8 Å². The summed E-state index contributed by atoms with van der Waals surface area (Å²) in [6.07, 6.45) is -0.542. The molecule has 1 amide bonds. The van der Waals surface area contributed by atoms with Crippen molar-refractivity contribution in [2.24, 2.45) is 5.92 Å². The Balaban J connectivity index is 2.21. The first-order valence-electron chi connectivity index (χ1n) is 10.6. The number of hydrogen-bond donors (Lipinski definition) is 1. The lowest BCUT2D eigenvalue weighted by Gasteiger charge is -2.30. The van der Waals surface area contributed by atoms with Gasteiger partial charge in [0.2, 0.25) is 0 Å². The molecule has 2 aromatic carbocycles. The SMILES string of the molecule is CCOC(=O)C(CNCc1ccc(Cl)cc1Cl)CN(C(=O)OC(C)(C)C)c1ccc(Br)cc1. The van der Waals surface area contributed by atoms with Crippen LogP contribution in [0.25, 0.3) is 0 Å². The second-order valence-corrected chi connectivity index (χ2v) is 10.1. The second-order valence-electron chi connectivity index (χ2n) is 8.38. The minimum atomic E-state index is -0.687. The number of benzene rings is 2. The molecule has 2 rings (SSSR count). The van der Waals surface area contributed by atoms with E-state index in [0.29, 0.717) is 22.3 Å². The molecule has 0 radical (unpaired) electrons. The van der Waals surface area contributed by atoms with Crippen molar-refractivity contribution in [2.45, 2.75) is 39.8 Å². The van der Waals surface area contributed by atoms with Gasteiger partial charge in [-0.05, 0) is 69.7 Å². The Labute approximate surface area is 213 Å². The molecule has 33 heavy (non-hydrogen) atoms. The topological polar surface area (TPSA) is 67.9 Å². The van der Waals surface area contributed by atoms with Crippen molar-refractivity contribution in [1.29, 1.82) is 0 Å². The van der Waals surface area contributed by atoms with E-state index >= 15 is 0 Å². The highest BCUT2D eigenvalue weighted by atomic mass is 79.9. The van der Waals surface area contributed by atoms with Crippen molar-refractivity contribution in [3.05, 3.63) is 62.5 Å². The number of esters is 1. The number of carbonyl (C=O) groups is 2. The molecule has 1 atom stereocenters. The molecule has 0 saturated heterocycles. The van der Waals surface area contributed by atoms with E-state index in [1.54, 1.807) is 52.0 Å². The van der Waals surface area contributed by atoms with E-state index in [9.17, 15) is 9.59 Å². The molecule has 1 N–H and O–H groups in total. The number of rotatable bonds is 9. The van der Waals surface area contributed by atoms with Crippen molar-refractivity contribution >= 4 is 56.9 Å². The summed E-state index contributed by atoms with van der Waals surface area (Å²) < 4.78 is 11.7. The van der Waals surface area contributed by atoms with Gasteiger partial charge in [-0.1, -0.05) is 45.2 Å². The van der Waals surface area contributed by atoms with E-state index < -0.39 is 23.6 Å². The number of halogens is 3. The summed E-state index contributed by atoms with van der Waals surface area (Å²) in [5, 5.41) is 4.33. The Kier molecular flexibility index (Phi) is 10.5. The number of ether oxygens (including phenoxy) is 2. The lowest BCUT2D eigenvalue weighted by molar-refractivity contribution is -0.147. The molecule has 2 aromatic rings. The average Bonchev–Trinajstić information content (AvgIpc) is 2.71. The van der Waals surface area contributed by atoms with E-state index in [2.05, 4.69) is 21.2 Å². The molecule has 0 saturated carbocycles. The highest BCUT2D eigenvalue weighted by molar-refractivity contribution is 9.10. The van der Waals surface area contributed by atoms with Crippen LogP contribution >= 0.6 is 39.1 Å². The summed E-state index contributed by atoms with van der Waals surface area (Å²) in [5.74, 6) is -1.04. The van der Waals surface area contributed by atoms with Gasteiger partial charge < -0.3 is 14.8 Å². The maximum Gasteiger partial charge on any atom is 0.414 e. The molecule has 0 heterocycles. The summed E-state index contributed by atoms with van der Waals surface area (Å²) in [7, 11) is 0. The Hall–Kier alpha value is -1.80. The molecule has 9 heteroatoms. The van der Waals surface area contributed by atoms with E-state index in [1.165, 1.54) is 4.90 Å². The highest BCUT2D eigenvalue weighted by Gasteiger charge is 2.29. The number of hydrogen-bond acceptors (Lipinski definition) is 5. The quantitative estimate of drug-likeness (QED) is 0.357. The zero-order valence-electron chi connectivity index (χ0n) is 19.2. The van der Waals surface area contributed by atoms with Crippen LogP contribution < -0.4 is 10.2 Å². The highest BCUT2D eigenvalue weighted by Crippen LogP contribution is 2.23. The summed E-state index contributed by atoms with van der Waals surface area (Å²) in [6.45, 7) is 8.15. The van der Waals surface area contributed by atoms with E-state index in [4.69, 9.17) is 32.7 Å². The molecule has 1 unspecified atom stereocenters. The van der Waals surface area contributed by atoms with Crippen molar-refractivity contribution in [2.75, 3.05) is 24.6 Å². The lowest BCUT2D eigenvalue weighted by Crippen LogP contribution is -2.44. The van der Waals surface area contributed by atoms with Crippen LogP contribution in [0.5, 0.6) is 0 Å². The summed E-state index contributed by atoms with van der Waals surface area (Å²) in [4.78, 5) is 27.2. The van der Waals surface area contributed by atoms with Crippen molar-refractivity contribution in [3.8, 4) is 0 Å². The van der Waals surface area contributed by atoms with Gasteiger partial charge in [0.1, 0.15) is 5.60 Å². The molecule has 0 fully saturated rings. The molecule has 0 aromatic heterocycles. The monoisotopic (exact) mass is 558 g/mol. The largest absolute Gasteiger partial charge is 0.466 e. The number of anilines is 1. The van der Waals surface area contributed by atoms with E-state index in [1.807, 2.05) is 18.2 Å². The number of nitrogens with zero attached hydrogens (tertiary/aromatic N) is 1. The molecule has 180 valence electrons. The molecule has 0 spiro atoms. The predicted molar refractivity (Wildman–Crippen MR) is 136 cm³/mol. The van der Waals surface area contributed by atoms with Crippen LogP contribution in [0.4, 0.5) is 10.5 Å². The number of carbonyl (C=O) groups excluding carboxylic acids is 2. The third-order valence-electron chi connectivity index (χ3n) is 4.50. The first-order chi connectivity index (χ1) is 15.5. The van der Waals surface area contributed by atoms with E-state index in [0.717, 1.165) is 10.0 Å². The standard InChI is InChI=1S/C24H29BrCl2N2O4/c1-5-32-22(30)17(14-28-13-16-6-9-19(26)12-21(16)27)15-29(23(31)33-24(2,3)4)20-10-7-18(25)8-11-20/h6-12,17,28H,5,13-15H2,1-4H3. The Morgan fingerprint density at radius 2 is 1.79 bits per heavy atom. The van der Waals surface area contributed by atoms with E-state index in [-0.39, 0.29) is 19.7 Å². The minimum absolute atomic E-state index is 0.0801. The second kappa shape index (κ2) is 12.6. The molecule has 0 aliphatic heterocycles. The Bertz CT molecular complexity index is 948. The van der Waals surface area contributed by atoms with Gasteiger partial charge in [-0.15, -0.1) is 0 Å². The van der Waals surface area contributed by atoms with Crippen LogP contribution in [0.2, 0.25) is 10.0 Å². The smallest absolute Gasteiger partial charge is 0.414 e. The van der Waals surface area contributed by atoms with Gasteiger partial charge in [0, 0.05) is 39.8 Å². The van der Waals surface area contributed by atoms with Gasteiger partial charge in [-0.25, -0.2) is 4.79 Å². The molecule has 6 nitrogen and oxygen atoms in total. The molecular weight excluding hydrogens is 531 g/mol. The van der Waals surface area contributed by atoms with Crippen molar-refractivity contribution in [1.82, 2.24) is 5.32 Å². The van der Waals surface area contributed by atoms with Crippen molar-refractivity contribution in [3.63, 3.8) is 0 Å². The Morgan fingerprint density at radius 1 is 1.12 bits per heavy atom. The van der Waals surface area contributed by atoms with Crippen molar-refractivity contribution < 1.29 is 19.1 Å². The lowest BCUT2D eigenvalue weighted by atomic mass is 10.1. The van der Waals surface area contributed by atoms with Crippen LogP contribution in [0.1, 0.15) is 33.3 Å². The van der Waals surface area contributed by atoms with Gasteiger partial charge in [0.15, 0.2) is 0 Å². The van der Waals surface area contributed by atoms with Crippen LogP contribution in [-0.4, -0.2) is 37.4 Å². The summed E-state index contributed by atoms with van der Waals surface area (Å²) in [5.41, 5.74) is 0.774. The van der Waals surface area contributed by atoms with Crippen LogP contribution in [0.15, 0.2) is 46.9 Å². The zero-order valence-corrected chi connectivity index (χ0v) is 22.3. The summed E-state index contributed by atoms with van der Waals surface area (Å²) in [6, 6.07) is 12.5. The number of amides is 1. The van der Waals surface area contributed by atoms with Crippen LogP contribution in [0.3, 0.4) is 0 Å². The van der Waals surface area contributed by atoms with Crippen LogP contribution in [0, 0.1) is 5.92 Å². The molecule has 0 aliphatic rings. The Morgan fingerprint density at radius 3 is 2.36 bits per heavy atom. The summed E-state index contributed by atoms with van der Waals surface area (Å²) >= 11 is 15.6. The third-order valence-corrected chi connectivity index (χ3v) is 5.61. The fraction of sp³-hybridized carbons (Fsp3) is 0.417. The molecule has 0 bridgehead atoms. The van der Waals surface area contributed by atoms with Gasteiger partial charge in [-0.2, -0.15) is 0 Å². The van der Waals surface area contributed by atoms with Gasteiger partial charge in [0.25, 0.3) is 0 Å². The van der Waals surface area contributed by atoms with Gasteiger partial charge >= 0.3 is 12.1 Å². The zero-order chi connectivity index (χ0) is 24.6. The predicted octanol–water partition coefficient (Wildman–Crippen LogP) is 6.47. The molecule has 0 aliphatic carbocycles.